The lowest BCUT2D eigenvalue weighted by Gasteiger charge is -2.14. The van der Waals surface area contributed by atoms with Crippen molar-refractivity contribution in [2.24, 2.45) is 0 Å². The monoisotopic (exact) mass is 229 g/mol. The molecule has 0 amide bonds. The van der Waals surface area contributed by atoms with Gasteiger partial charge < -0.3 is 5.32 Å². The summed E-state index contributed by atoms with van der Waals surface area (Å²) in [5.74, 6) is 1.19. The molecule has 15 heavy (non-hydrogen) atoms. The predicted octanol–water partition coefficient (Wildman–Crippen LogP) is 2.90. The molecule has 0 bridgehead atoms. The van der Waals surface area contributed by atoms with E-state index in [1.165, 1.54) is 0 Å². The van der Waals surface area contributed by atoms with Gasteiger partial charge in [-0.3, -0.25) is 0 Å². The molecule has 0 heterocycles. The van der Waals surface area contributed by atoms with Gasteiger partial charge in [-0.15, -0.1) is 12.3 Å². The first-order valence-corrected chi connectivity index (χ1v) is 4.73. The first kappa shape index (κ1) is 12.0. The molecule has 0 aromatic heterocycles. The smallest absolute Gasteiger partial charge is 0.142 e. The first-order valence-electron chi connectivity index (χ1n) is 4.35. The van der Waals surface area contributed by atoms with Gasteiger partial charge in [0.05, 0.1) is 5.02 Å². The minimum absolute atomic E-state index is 0.192. The van der Waals surface area contributed by atoms with E-state index in [4.69, 9.17) is 18.0 Å². The van der Waals surface area contributed by atoms with Crippen LogP contribution in [0.4, 0.5) is 8.78 Å². The highest BCUT2D eigenvalue weighted by Gasteiger charge is 2.15. The molecule has 0 saturated heterocycles. The molecule has 0 aliphatic heterocycles. The van der Waals surface area contributed by atoms with E-state index in [1.54, 1.807) is 7.05 Å². The standard InChI is InChI=1S/C11H10ClF2N/c1-3-4-11(15-2)7-5-10(14)8(12)6-9(7)13/h1,5-6,11,15H,4H2,2H3. The maximum absolute atomic E-state index is 13.4. The van der Waals surface area contributed by atoms with E-state index >= 15 is 0 Å². The summed E-state index contributed by atoms with van der Waals surface area (Å²) < 4.78 is 26.5. The van der Waals surface area contributed by atoms with Crippen LogP contribution in [0, 0.1) is 24.0 Å². The van der Waals surface area contributed by atoms with Crippen molar-refractivity contribution in [2.45, 2.75) is 12.5 Å². The summed E-state index contributed by atoms with van der Waals surface area (Å²) in [6.45, 7) is 0. The molecular formula is C11H10ClF2N. The molecule has 0 radical (unpaired) electrons. The highest BCUT2D eigenvalue weighted by atomic mass is 35.5. The van der Waals surface area contributed by atoms with Crippen molar-refractivity contribution in [3.63, 3.8) is 0 Å². The van der Waals surface area contributed by atoms with Crippen LogP contribution in [0.15, 0.2) is 12.1 Å². The zero-order valence-corrected chi connectivity index (χ0v) is 8.91. The maximum atomic E-state index is 13.4. The normalized spacial score (nSPS) is 12.2. The van der Waals surface area contributed by atoms with Crippen molar-refractivity contribution in [1.82, 2.24) is 5.32 Å². The van der Waals surface area contributed by atoms with Gasteiger partial charge in [0, 0.05) is 18.0 Å². The van der Waals surface area contributed by atoms with Crippen LogP contribution in [0.5, 0.6) is 0 Å². The van der Waals surface area contributed by atoms with Gasteiger partial charge in [0.1, 0.15) is 11.6 Å². The highest BCUT2D eigenvalue weighted by molar-refractivity contribution is 6.30. The van der Waals surface area contributed by atoms with Crippen LogP contribution in [-0.4, -0.2) is 7.05 Å². The lowest BCUT2D eigenvalue weighted by atomic mass is 10.0. The first-order chi connectivity index (χ1) is 7.10. The summed E-state index contributed by atoms with van der Waals surface area (Å²) in [6, 6.07) is 1.62. The van der Waals surface area contributed by atoms with Gasteiger partial charge in [0.2, 0.25) is 0 Å². The Kier molecular flexibility index (Phi) is 4.07. The predicted molar refractivity (Wildman–Crippen MR) is 56.6 cm³/mol. The number of terminal acetylenes is 1. The van der Waals surface area contributed by atoms with Crippen LogP contribution in [-0.2, 0) is 0 Å². The number of hydrogen-bond donors (Lipinski definition) is 1. The van der Waals surface area contributed by atoms with Crippen molar-refractivity contribution in [1.29, 1.82) is 0 Å². The van der Waals surface area contributed by atoms with E-state index in [1.807, 2.05) is 0 Å². The van der Waals surface area contributed by atoms with E-state index in [2.05, 4.69) is 11.2 Å². The molecule has 1 unspecified atom stereocenters. The van der Waals surface area contributed by atoms with Crippen molar-refractivity contribution in [3.8, 4) is 12.3 Å². The Morgan fingerprint density at radius 2 is 2.13 bits per heavy atom. The van der Waals surface area contributed by atoms with E-state index in [9.17, 15) is 8.78 Å². The van der Waals surface area contributed by atoms with E-state index in [-0.39, 0.29) is 17.0 Å². The Morgan fingerprint density at radius 1 is 1.47 bits per heavy atom. The average molecular weight is 230 g/mol. The minimum atomic E-state index is -0.648. The molecule has 1 aromatic rings. The van der Waals surface area contributed by atoms with Gasteiger partial charge in [-0.1, -0.05) is 11.6 Å². The molecule has 0 aliphatic rings. The molecule has 4 heteroatoms. The van der Waals surface area contributed by atoms with Gasteiger partial charge >= 0.3 is 0 Å². The van der Waals surface area contributed by atoms with Gasteiger partial charge in [-0.2, -0.15) is 0 Å². The molecular weight excluding hydrogens is 220 g/mol. The number of halogens is 3. The van der Waals surface area contributed by atoms with Crippen molar-refractivity contribution >= 4 is 11.6 Å². The molecule has 1 atom stereocenters. The Bertz CT molecular complexity index is 398. The fourth-order valence-electron chi connectivity index (χ4n) is 1.29. The van der Waals surface area contributed by atoms with Gasteiger partial charge in [-0.05, 0) is 19.2 Å². The SMILES string of the molecule is C#CCC(NC)c1cc(F)c(Cl)cc1F. The Morgan fingerprint density at radius 3 is 2.67 bits per heavy atom. The van der Waals surface area contributed by atoms with E-state index < -0.39 is 17.7 Å². The Hall–Kier alpha value is -1.11. The third kappa shape index (κ3) is 2.68. The van der Waals surface area contributed by atoms with Crippen LogP contribution in [0.1, 0.15) is 18.0 Å². The summed E-state index contributed by atoms with van der Waals surface area (Å²) in [5.41, 5.74) is 0.192. The summed E-state index contributed by atoms with van der Waals surface area (Å²) in [7, 11) is 1.63. The van der Waals surface area contributed by atoms with Gasteiger partial charge in [0.25, 0.3) is 0 Å². The fourth-order valence-corrected chi connectivity index (χ4v) is 1.44. The third-order valence-corrected chi connectivity index (χ3v) is 2.38. The van der Waals surface area contributed by atoms with Crippen molar-refractivity contribution in [2.75, 3.05) is 7.05 Å². The van der Waals surface area contributed by atoms with Crippen LogP contribution >= 0.6 is 11.6 Å². The van der Waals surface area contributed by atoms with E-state index in [0.717, 1.165) is 12.1 Å². The van der Waals surface area contributed by atoms with Gasteiger partial charge in [0.15, 0.2) is 0 Å². The molecule has 1 N–H and O–H groups in total. The lowest BCUT2D eigenvalue weighted by molar-refractivity contribution is 0.531. The average Bonchev–Trinajstić information content (AvgIpc) is 2.20. The number of benzene rings is 1. The maximum Gasteiger partial charge on any atom is 0.142 e. The largest absolute Gasteiger partial charge is 0.312 e. The van der Waals surface area contributed by atoms with Crippen molar-refractivity contribution in [3.05, 3.63) is 34.4 Å². The summed E-state index contributed by atoms with van der Waals surface area (Å²) >= 11 is 5.44. The number of nitrogens with one attached hydrogen (secondary N) is 1. The Balaban J connectivity index is 3.13. The highest BCUT2D eigenvalue weighted by Crippen LogP contribution is 2.25. The second-order valence-corrected chi connectivity index (χ2v) is 3.44. The molecule has 0 fully saturated rings. The van der Waals surface area contributed by atoms with Gasteiger partial charge in [-0.25, -0.2) is 8.78 Å². The topological polar surface area (TPSA) is 12.0 Å². The zero-order chi connectivity index (χ0) is 11.4. The zero-order valence-electron chi connectivity index (χ0n) is 8.15. The Labute approximate surface area is 92.4 Å². The van der Waals surface area contributed by atoms with Crippen molar-refractivity contribution < 1.29 is 8.78 Å². The summed E-state index contributed by atoms with van der Waals surface area (Å²) in [5, 5.41) is 2.58. The molecule has 1 aromatic carbocycles. The van der Waals surface area contributed by atoms with Crippen LogP contribution in [0.25, 0.3) is 0 Å². The second kappa shape index (κ2) is 5.11. The van der Waals surface area contributed by atoms with Crippen LogP contribution < -0.4 is 5.32 Å². The van der Waals surface area contributed by atoms with E-state index in [0.29, 0.717) is 0 Å². The summed E-state index contributed by atoms with van der Waals surface area (Å²) in [6.07, 6.45) is 5.41. The molecule has 0 spiro atoms. The molecule has 1 rings (SSSR count). The van der Waals surface area contributed by atoms with Crippen LogP contribution in [0.3, 0.4) is 0 Å². The molecule has 0 aliphatic carbocycles. The molecule has 80 valence electrons. The lowest BCUT2D eigenvalue weighted by Crippen LogP contribution is -2.17. The quantitative estimate of drug-likeness (QED) is 0.621. The number of hydrogen-bond acceptors (Lipinski definition) is 1. The number of rotatable bonds is 3. The molecule has 1 nitrogen and oxygen atoms in total. The second-order valence-electron chi connectivity index (χ2n) is 3.04. The fraction of sp³-hybridized carbons (Fsp3) is 0.273. The van der Waals surface area contributed by atoms with Crippen LogP contribution in [0.2, 0.25) is 5.02 Å². The third-order valence-electron chi connectivity index (χ3n) is 2.09. The minimum Gasteiger partial charge on any atom is -0.312 e. The summed E-state index contributed by atoms with van der Waals surface area (Å²) in [4.78, 5) is 0. The molecule has 0 saturated carbocycles.